The van der Waals surface area contributed by atoms with E-state index in [2.05, 4.69) is 0 Å². The van der Waals surface area contributed by atoms with Gasteiger partial charge in [0.15, 0.2) is 0 Å². The van der Waals surface area contributed by atoms with Crippen molar-refractivity contribution in [2.75, 3.05) is 13.6 Å². The van der Waals surface area contributed by atoms with Crippen LogP contribution < -0.4 is 0 Å². The standard InChI is InChI=1S/C10H14N2O6S/c1-3-11(2)19(17,18)7-4-8(10(15)16)12(5-7)6-9(13)14/h4-5H,3,6H2,1-2H3,(H,13,14)(H,15,16). The molecule has 8 nitrogen and oxygen atoms in total. The number of sulfonamides is 1. The van der Waals surface area contributed by atoms with Crippen LogP contribution in [-0.2, 0) is 21.4 Å². The molecule has 0 atom stereocenters. The van der Waals surface area contributed by atoms with Gasteiger partial charge in [-0.3, -0.25) is 4.79 Å². The summed E-state index contributed by atoms with van der Waals surface area (Å²) in [5.74, 6) is -2.65. The number of hydrogen-bond donors (Lipinski definition) is 2. The molecule has 0 aliphatic rings. The molecule has 0 unspecified atom stereocenters. The minimum Gasteiger partial charge on any atom is -0.480 e. The van der Waals surface area contributed by atoms with Gasteiger partial charge in [0.1, 0.15) is 17.1 Å². The third-order valence-electron chi connectivity index (χ3n) is 2.55. The van der Waals surface area contributed by atoms with Crippen molar-refractivity contribution in [2.24, 2.45) is 0 Å². The zero-order valence-electron chi connectivity index (χ0n) is 10.4. The lowest BCUT2D eigenvalue weighted by Gasteiger charge is -2.12. The van der Waals surface area contributed by atoms with Crippen LogP contribution in [-0.4, -0.2) is 53.0 Å². The highest BCUT2D eigenvalue weighted by atomic mass is 32.2. The second-order valence-corrected chi connectivity index (χ2v) is 5.85. The van der Waals surface area contributed by atoms with E-state index < -0.39 is 28.5 Å². The fourth-order valence-corrected chi connectivity index (χ4v) is 2.65. The van der Waals surface area contributed by atoms with Gasteiger partial charge < -0.3 is 14.8 Å². The predicted octanol–water partition coefficient (Wildman–Crippen LogP) is -0.0887. The third-order valence-corrected chi connectivity index (χ3v) is 4.45. The number of carboxylic acid groups (broad SMARTS) is 2. The zero-order chi connectivity index (χ0) is 14.8. The predicted molar refractivity (Wildman–Crippen MR) is 64.5 cm³/mol. The van der Waals surface area contributed by atoms with E-state index >= 15 is 0 Å². The Labute approximate surface area is 109 Å². The summed E-state index contributed by atoms with van der Waals surface area (Å²) in [5.41, 5.74) is -0.384. The van der Waals surface area contributed by atoms with Gasteiger partial charge in [-0.15, -0.1) is 0 Å². The lowest BCUT2D eigenvalue weighted by Crippen LogP contribution is -2.26. The Bertz CT molecular complexity index is 604. The first-order valence-electron chi connectivity index (χ1n) is 5.31. The fraction of sp³-hybridized carbons (Fsp3) is 0.400. The SMILES string of the molecule is CCN(C)S(=O)(=O)c1cc(C(=O)O)n(CC(=O)O)c1. The molecule has 1 rings (SSSR count). The van der Waals surface area contributed by atoms with Crippen molar-refractivity contribution in [3.05, 3.63) is 18.0 Å². The molecule has 9 heteroatoms. The molecule has 0 aromatic carbocycles. The summed E-state index contributed by atoms with van der Waals surface area (Å²) in [7, 11) is -2.45. The van der Waals surface area contributed by atoms with Gasteiger partial charge in [0.05, 0.1) is 0 Å². The summed E-state index contributed by atoms with van der Waals surface area (Å²) < 4.78 is 25.9. The topological polar surface area (TPSA) is 117 Å². The van der Waals surface area contributed by atoms with E-state index in [0.29, 0.717) is 0 Å². The first-order valence-corrected chi connectivity index (χ1v) is 6.75. The number of carboxylic acids is 2. The number of hydrogen-bond acceptors (Lipinski definition) is 4. The van der Waals surface area contributed by atoms with Crippen LogP contribution >= 0.6 is 0 Å². The van der Waals surface area contributed by atoms with Crippen molar-refractivity contribution < 1.29 is 28.2 Å². The Morgan fingerprint density at radius 3 is 2.37 bits per heavy atom. The molecule has 0 amide bonds. The summed E-state index contributed by atoms with van der Waals surface area (Å²) in [6.45, 7) is 1.23. The van der Waals surface area contributed by atoms with Gasteiger partial charge in [-0.1, -0.05) is 6.92 Å². The van der Waals surface area contributed by atoms with Crippen molar-refractivity contribution in [2.45, 2.75) is 18.4 Å². The van der Waals surface area contributed by atoms with Crippen molar-refractivity contribution >= 4 is 22.0 Å². The van der Waals surface area contributed by atoms with Crippen molar-refractivity contribution in [1.82, 2.24) is 8.87 Å². The fourth-order valence-electron chi connectivity index (χ4n) is 1.43. The van der Waals surface area contributed by atoms with Crippen LogP contribution in [0.25, 0.3) is 0 Å². The van der Waals surface area contributed by atoms with Crippen LogP contribution in [0.5, 0.6) is 0 Å². The molecule has 1 heterocycles. The minimum atomic E-state index is -3.80. The normalized spacial score (nSPS) is 11.7. The Kier molecular flexibility index (Phi) is 4.32. The van der Waals surface area contributed by atoms with E-state index in [1.54, 1.807) is 6.92 Å². The molecule has 0 aliphatic heterocycles. The molecule has 0 radical (unpaired) electrons. The van der Waals surface area contributed by atoms with E-state index in [4.69, 9.17) is 10.2 Å². The van der Waals surface area contributed by atoms with Crippen LogP contribution in [0.2, 0.25) is 0 Å². The summed E-state index contributed by atoms with van der Waals surface area (Å²) >= 11 is 0. The van der Waals surface area contributed by atoms with Crippen LogP contribution in [0.3, 0.4) is 0 Å². The third kappa shape index (κ3) is 3.12. The average Bonchev–Trinajstić information content (AvgIpc) is 2.71. The molecule has 2 N–H and O–H groups in total. The summed E-state index contributed by atoms with van der Waals surface area (Å²) in [6.07, 6.45) is 1.01. The molecular weight excluding hydrogens is 276 g/mol. The number of aliphatic carboxylic acids is 1. The molecule has 106 valence electrons. The van der Waals surface area contributed by atoms with Crippen molar-refractivity contribution in [3.63, 3.8) is 0 Å². The van der Waals surface area contributed by atoms with Crippen molar-refractivity contribution in [1.29, 1.82) is 0 Å². The van der Waals surface area contributed by atoms with Gasteiger partial charge in [0, 0.05) is 19.8 Å². The molecule has 0 aliphatic carbocycles. The minimum absolute atomic E-state index is 0.217. The van der Waals surface area contributed by atoms with Crippen LogP contribution in [0.4, 0.5) is 0 Å². The lowest BCUT2D eigenvalue weighted by atomic mass is 10.4. The summed E-state index contributed by atoms with van der Waals surface area (Å²) in [4.78, 5) is 21.3. The quantitative estimate of drug-likeness (QED) is 0.756. The maximum Gasteiger partial charge on any atom is 0.352 e. The molecular formula is C10H14N2O6S. The summed E-state index contributed by atoms with van der Waals surface area (Å²) in [5, 5.41) is 17.6. The second-order valence-electron chi connectivity index (χ2n) is 3.81. The number of carbonyl (C=O) groups is 2. The van der Waals surface area contributed by atoms with Gasteiger partial charge >= 0.3 is 11.9 Å². The van der Waals surface area contributed by atoms with Gasteiger partial charge in [-0.2, -0.15) is 0 Å². The number of nitrogens with zero attached hydrogens (tertiary/aromatic N) is 2. The second kappa shape index (κ2) is 5.41. The highest BCUT2D eigenvalue weighted by molar-refractivity contribution is 7.89. The molecule has 0 fully saturated rings. The first-order chi connectivity index (χ1) is 8.70. The van der Waals surface area contributed by atoms with Gasteiger partial charge in [-0.05, 0) is 6.07 Å². The first kappa shape index (κ1) is 15.2. The smallest absolute Gasteiger partial charge is 0.352 e. The molecule has 1 aromatic rings. The van der Waals surface area contributed by atoms with Crippen LogP contribution in [0.1, 0.15) is 17.4 Å². The molecule has 0 bridgehead atoms. The van der Waals surface area contributed by atoms with Crippen LogP contribution in [0, 0.1) is 0 Å². The number of aromatic nitrogens is 1. The lowest BCUT2D eigenvalue weighted by molar-refractivity contribution is -0.137. The Morgan fingerprint density at radius 2 is 1.95 bits per heavy atom. The molecule has 0 saturated heterocycles. The van der Waals surface area contributed by atoms with E-state index in [9.17, 15) is 18.0 Å². The van der Waals surface area contributed by atoms with Crippen molar-refractivity contribution in [3.8, 4) is 0 Å². The van der Waals surface area contributed by atoms with Gasteiger partial charge in [0.25, 0.3) is 0 Å². The summed E-state index contributed by atoms with van der Waals surface area (Å²) in [6, 6.07) is 0.951. The monoisotopic (exact) mass is 290 g/mol. The molecule has 0 spiro atoms. The highest BCUT2D eigenvalue weighted by Gasteiger charge is 2.25. The molecule has 0 saturated carbocycles. The van der Waals surface area contributed by atoms with Gasteiger partial charge in [-0.25, -0.2) is 17.5 Å². The highest BCUT2D eigenvalue weighted by Crippen LogP contribution is 2.18. The van der Waals surface area contributed by atoms with E-state index in [1.807, 2.05) is 0 Å². The van der Waals surface area contributed by atoms with Gasteiger partial charge in [0.2, 0.25) is 10.0 Å². The van der Waals surface area contributed by atoms with E-state index in [0.717, 1.165) is 21.1 Å². The van der Waals surface area contributed by atoms with E-state index in [-0.39, 0.29) is 17.1 Å². The number of aromatic carboxylic acids is 1. The largest absolute Gasteiger partial charge is 0.480 e. The average molecular weight is 290 g/mol. The maximum atomic E-state index is 12.0. The molecule has 19 heavy (non-hydrogen) atoms. The van der Waals surface area contributed by atoms with E-state index in [1.165, 1.54) is 7.05 Å². The Balaban J connectivity index is 3.33. The Hall–Kier alpha value is -1.87. The Morgan fingerprint density at radius 1 is 1.37 bits per heavy atom. The maximum absolute atomic E-state index is 12.0. The zero-order valence-corrected chi connectivity index (χ0v) is 11.2. The molecule has 1 aromatic heterocycles. The number of rotatable bonds is 6. The van der Waals surface area contributed by atoms with Crippen LogP contribution in [0.15, 0.2) is 17.2 Å².